The molecule has 25 heavy (non-hydrogen) atoms. The summed E-state index contributed by atoms with van der Waals surface area (Å²) in [5.74, 6) is -1.27. The second kappa shape index (κ2) is 6.87. The van der Waals surface area contributed by atoms with Crippen molar-refractivity contribution in [3.05, 3.63) is 52.0 Å². The minimum absolute atomic E-state index is 0.0179. The van der Waals surface area contributed by atoms with Gasteiger partial charge in [-0.2, -0.15) is 0 Å². The molecule has 0 fully saturated rings. The van der Waals surface area contributed by atoms with Gasteiger partial charge in [-0.05, 0) is 36.4 Å². The summed E-state index contributed by atoms with van der Waals surface area (Å²) in [5.41, 5.74) is 0.460. The highest BCUT2D eigenvalue weighted by atomic mass is 35.5. The molecule has 6 nitrogen and oxygen atoms in total. The fraction of sp³-hybridized carbons (Fsp3) is 0.0667. The normalized spacial score (nSPS) is 15.7. The van der Waals surface area contributed by atoms with Crippen molar-refractivity contribution in [2.75, 3.05) is 11.1 Å². The SMILES string of the molecule is O=C1CSc2cc(Cl)c(C(=O)Nc3ccc(Cl)cc3)cc2S(=O)(=O)N1. The lowest BCUT2D eigenvalue weighted by atomic mass is 10.2. The van der Waals surface area contributed by atoms with E-state index in [9.17, 15) is 18.0 Å². The quantitative estimate of drug-likeness (QED) is 0.783. The number of fused-ring (bicyclic) bond motifs is 1. The third-order valence-electron chi connectivity index (χ3n) is 3.28. The maximum Gasteiger partial charge on any atom is 0.265 e. The van der Waals surface area contributed by atoms with Gasteiger partial charge in [0.15, 0.2) is 0 Å². The van der Waals surface area contributed by atoms with E-state index < -0.39 is 21.8 Å². The Labute approximate surface area is 157 Å². The van der Waals surface area contributed by atoms with Gasteiger partial charge in [0.2, 0.25) is 5.91 Å². The van der Waals surface area contributed by atoms with E-state index in [0.29, 0.717) is 15.6 Å². The van der Waals surface area contributed by atoms with Crippen molar-refractivity contribution in [2.45, 2.75) is 9.79 Å². The Kier molecular flexibility index (Phi) is 4.97. The summed E-state index contributed by atoms with van der Waals surface area (Å²) in [6.45, 7) is 0. The Morgan fingerprint density at radius 1 is 1.16 bits per heavy atom. The molecule has 0 aliphatic carbocycles. The summed E-state index contributed by atoms with van der Waals surface area (Å²) in [7, 11) is -4.06. The molecule has 0 saturated heterocycles. The predicted octanol–water partition coefficient (Wildman–Crippen LogP) is 3.16. The molecule has 1 heterocycles. The van der Waals surface area contributed by atoms with Gasteiger partial charge in [0.25, 0.3) is 15.9 Å². The van der Waals surface area contributed by atoms with Crippen molar-refractivity contribution >= 4 is 62.5 Å². The molecule has 3 rings (SSSR count). The number of nitrogens with one attached hydrogen (secondary N) is 2. The number of hydrogen-bond donors (Lipinski definition) is 2. The minimum atomic E-state index is -4.06. The van der Waals surface area contributed by atoms with Crippen LogP contribution in [0.1, 0.15) is 10.4 Å². The predicted molar refractivity (Wildman–Crippen MR) is 96.9 cm³/mol. The van der Waals surface area contributed by atoms with Crippen molar-refractivity contribution in [1.82, 2.24) is 4.72 Å². The monoisotopic (exact) mass is 416 g/mol. The van der Waals surface area contributed by atoms with Crippen LogP contribution in [0.2, 0.25) is 10.0 Å². The second-order valence-electron chi connectivity index (χ2n) is 5.06. The summed E-state index contributed by atoms with van der Waals surface area (Å²) in [6.07, 6.45) is 0. The molecule has 2 amide bonds. The summed E-state index contributed by atoms with van der Waals surface area (Å²) >= 11 is 13.0. The van der Waals surface area contributed by atoms with Crippen LogP contribution in [0, 0.1) is 0 Å². The Hall–Kier alpha value is -1.74. The van der Waals surface area contributed by atoms with Crippen LogP contribution in [-0.2, 0) is 14.8 Å². The Morgan fingerprint density at radius 2 is 1.84 bits per heavy atom. The zero-order valence-electron chi connectivity index (χ0n) is 12.4. The van der Waals surface area contributed by atoms with E-state index in [-0.39, 0.29) is 21.2 Å². The van der Waals surface area contributed by atoms with Crippen molar-refractivity contribution < 1.29 is 18.0 Å². The lowest BCUT2D eigenvalue weighted by Gasteiger charge is -2.11. The first-order valence-corrected chi connectivity index (χ1v) is 10.1. The van der Waals surface area contributed by atoms with Crippen molar-refractivity contribution in [2.24, 2.45) is 0 Å². The Morgan fingerprint density at radius 3 is 2.52 bits per heavy atom. The zero-order chi connectivity index (χ0) is 18.2. The van der Waals surface area contributed by atoms with E-state index in [4.69, 9.17) is 23.2 Å². The fourth-order valence-electron chi connectivity index (χ4n) is 2.14. The first-order chi connectivity index (χ1) is 11.8. The van der Waals surface area contributed by atoms with E-state index in [1.807, 2.05) is 4.72 Å². The number of rotatable bonds is 2. The van der Waals surface area contributed by atoms with Gasteiger partial charge in [0, 0.05) is 15.6 Å². The molecule has 2 aromatic carbocycles. The van der Waals surface area contributed by atoms with E-state index >= 15 is 0 Å². The fourth-order valence-corrected chi connectivity index (χ4v) is 5.02. The Balaban J connectivity index is 1.99. The summed E-state index contributed by atoms with van der Waals surface area (Å²) < 4.78 is 26.4. The molecule has 1 aliphatic heterocycles. The van der Waals surface area contributed by atoms with Crippen LogP contribution in [0.25, 0.3) is 0 Å². The van der Waals surface area contributed by atoms with Gasteiger partial charge in [-0.15, -0.1) is 11.8 Å². The number of sulfonamides is 1. The van der Waals surface area contributed by atoms with Gasteiger partial charge in [-0.1, -0.05) is 23.2 Å². The number of carbonyl (C=O) groups is 2. The molecule has 2 N–H and O–H groups in total. The van der Waals surface area contributed by atoms with E-state index in [0.717, 1.165) is 17.8 Å². The lowest BCUT2D eigenvalue weighted by Crippen LogP contribution is -2.30. The molecule has 0 unspecified atom stereocenters. The van der Waals surface area contributed by atoms with Gasteiger partial charge in [0.1, 0.15) is 4.90 Å². The zero-order valence-corrected chi connectivity index (χ0v) is 15.5. The highest BCUT2D eigenvalue weighted by Crippen LogP contribution is 2.34. The second-order valence-corrected chi connectivity index (χ2v) is 8.57. The number of hydrogen-bond acceptors (Lipinski definition) is 5. The van der Waals surface area contributed by atoms with Crippen LogP contribution in [0.3, 0.4) is 0 Å². The smallest absolute Gasteiger partial charge is 0.265 e. The minimum Gasteiger partial charge on any atom is -0.322 e. The molecule has 0 spiro atoms. The van der Waals surface area contributed by atoms with Crippen LogP contribution < -0.4 is 10.0 Å². The molecule has 0 saturated carbocycles. The number of halogens is 2. The molecule has 10 heteroatoms. The first kappa shape index (κ1) is 18.1. The molecule has 130 valence electrons. The van der Waals surface area contributed by atoms with Gasteiger partial charge in [-0.25, -0.2) is 13.1 Å². The number of benzene rings is 2. The van der Waals surface area contributed by atoms with E-state index in [2.05, 4.69) is 5.32 Å². The molecule has 0 bridgehead atoms. The summed E-state index contributed by atoms with van der Waals surface area (Å²) in [4.78, 5) is 24.1. The lowest BCUT2D eigenvalue weighted by molar-refractivity contribution is -0.116. The molecule has 0 atom stereocenters. The highest BCUT2D eigenvalue weighted by Gasteiger charge is 2.28. The van der Waals surface area contributed by atoms with Crippen molar-refractivity contribution in [1.29, 1.82) is 0 Å². The average molecular weight is 417 g/mol. The molecule has 0 radical (unpaired) electrons. The van der Waals surface area contributed by atoms with E-state index in [1.54, 1.807) is 24.3 Å². The van der Waals surface area contributed by atoms with Gasteiger partial charge in [-0.3, -0.25) is 9.59 Å². The van der Waals surface area contributed by atoms with Crippen LogP contribution in [0.4, 0.5) is 5.69 Å². The topological polar surface area (TPSA) is 92.3 Å². The molecule has 1 aliphatic rings. The summed E-state index contributed by atoms with van der Waals surface area (Å²) in [6, 6.07) is 8.95. The standard InChI is InChI=1S/C15H10Cl2N2O4S2/c16-8-1-3-9(4-2-8)18-15(21)10-5-13-12(6-11(10)17)24-7-14(20)19-25(13,22)23/h1-6H,7H2,(H,18,21)(H,19,20). The van der Waals surface area contributed by atoms with Crippen LogP contribution >= 0.6 is 35.0 Å². The number of carbonyl (C=O) groups excluding carboxylic acids is 2. The summed E-state index contributed by atoms with van der Waals surface area (Å²) in [5, 5.41) is 3.21. The molecule has 2 aromatic rings. The Bertz CT molecular complexity index is 976. The van der Waals surface area contributed by atoms with E-state index in [1.165, 1.54) is 6.07 Å². The van der Waals surface area contributed by atoms with Crippen molar-refractivity contribution in [3.63, 3.8) is 0 Å². The van der Waals surface area contributed by atoms with Gasteiger partial charge >= 0.3 is 0 Å². The molecular weight excluding hydrogens is 407 g/mol. The number of anilines is 1. The van der Waals surface area contributed by atoms with Crippen LogP contribution in [0.15, 0.2) is 46.2 Å². The van der Waals surface area contributed by atoms with Crippen LogP contribution in [-0.4, -0.2) is 26.0 Å². The number of thioether (sulfide) groups is 1. The maximum atomic E-state index is 12.4. The highest BCUT2D eigenvalue weighted by molar-refractivity contribution is 8.01. The van der Waals surface area contributed by atoms with Gasteiger partial charge in [0.05, 0.1) is 16.3 Å². The maximum absolute atomic E-state index is 12.4. The largest absolute Gasteiger partial charge is 0.322 e. The third kappa shape index (κ3) is 3.92. The van der Waals surface area contributed by atoms with Crippen LogP contribution in [0.5, 0.6) is 0 Å². The van der Waals surface area contributed by atoms with Gasteiger partial charge < -0.3 is 5.32 Å². The van der Waals surface area contributed by atoms with Crippen molar-refractivity contribution in [3.8, 4) is 0 Å². The third-order valence-corrected chi connectivity index (χ3v) is 6.44. The average Bonchev–Trinajstić information content (AvgIpc) is 2.64. The first-order valence-electron chi connectivity index (χ1n) is 6.85. The number of amides is 2. The molecular formula is C15H10Cl2N2O4S2. The molecule has 0 aromatic heterocycles.